The number of hydrogen-bond donors (Lipinski definition) is 2. The molecular formula is C27H23FN4O. The van der Waals surface area contributed by atoms with E-state index < -0.39 is 0 Å². The van der Waals surface area contributed by atoms with Crippen molar-refractivity contribution in [3.8, 4) is 17.1 Å². The quantitative estimate of drug-likeness (QED) is 0.321. The van der Waals surface area contributed by atoms with E-state index in [4.69, 9.17) is 0 Å². The van der Waals surface area contributed by atoms with Gasteiger partial charge >= 0.3 is 0 Å². The fourth-order valence-electron chi connectivity index (χ4n) is 4.15. The maximum Gasteiger partial charge on any atom is 0.224 e. The number of nitrogens with zero attached hydrogens (tertiary/aromatic N) is 2. The lowest BCUT2D eigenvalue weighted by molar-refractivity contribution is -0.116. The largest absolute Gasteiger partial charge is 0.353 e. The third-order valence-electron chi connectivity index (χ3n) is 5.68. The molecule has 2 N–H and O–H groups in total. The minimum absolute atomic E-state index is 0.0555. The second-order valence-electron chi connectivity index (χ2n) is 7.89. The number of aromatic amines is 1. The highest BCUT2D eigenvalue weighted by atomic mass is 19.1. The average molecular weight is 439 g/mol. The molecule has 0 fully saturated rings. The van der Waals surface area contributed by atoms with E-state index in [1.54, 1.807) is 18.3 Å². The van der Waals surface area contributed by atoms with Crippen molar-refractivity contribution >= 4 is 22.5 Å². The number of fused-ring (bicyclic) bond motifs is 1. The number of para-hydroxylation sites is 2. The number of halogens is 1. The maximum atomic E-state index is 14.0. The minimum Gasteiger partial charge on any atom is -0.353 e. The van der Waals surface area contributed by atoms with E-state index in [0.29, 0.717) is 19.3 Å². The topological polar surface area (TPSA) is 62.7 Å². The molecule has 33 heavy (non-hydrogen) atoms. The van der Waals surface area contributed by atoms with Crippen LogP contribution in [0.2, 0.25) is 0 Å². The molecule has 5 rings (SSSR count). The highest BCUT2D eigenvalue weighted by Gasteiger charge is 2.15. The molecule has 2 aromatic carbocycles. The van der Waals surface area contributed by atoms with Gasteiger partial charge in [-0.05, 0) is 73.0 Å². The Morgan fingerprint density at radius 1 is 1.00 bits per heavy atom. The first-order chi connectivity index (χ1) is 16.2. The van der Waals surface area contributed by atoms with Gasteiger partial charge < -0.3 is 14.9 Å². The molecule has 1 amide bonds. The molecule has 0 aliphatic carbocycles. The van der Waals surface area contributed by atoms with E-state index in [0.717, 1.165) is 39.2 Å². The number of benzene rings is 2. The van der Waals surface area contributed by atoms with Crippen LogP contribution in [0.25, 0.3) is 28.0 Å². The molecule has 6 heteroatoms. The first kappa shape index (κ1) is 20.7. The van der Waals surface area contributed by atoms with Gasteiger partial charge in [0, 0.05) is 35.9 Å². The van der Waals surface area contributed by atoms with Crippen LogP contribution in [-0.4, -0.2) is 20.4 Å². The number of rotatable bonds is 7. The Labute approximate surface area is 190 Å². The Kier molecular flexibility index (Phi) is 5.72. The molecule has 0 aliphatic rings. The second kappa shape index (κ2) is 9.12. The molecular weight excluding hydrogens is 415 g/mol. The molecule has 0 aliphatic heterocycles. The molecule has 164 valence electrons. The Balaban J connectivity index is 1.33. The van der Waals surface area contributed by atoms with Gasteiger partial charge in [0.1, 0.15) is 5.82 Å². The number of pyridine rings is 1. The van der Waals surface area contributed by atoms with Gasteiger partial charge in [-0.2, -0.15) is 0 Å². The predicted molar refractivity (Wildman–Crippen MR) is 129 cm³/mol. The van der Waals surface area contributed by atoms with E-state index in [1.165, 1.54) is 6.07 Å². The highest BCUT2D eigenvalue weighted by molar-refractivity contribution is 5.93. The molecule has 3 heterocycles. The number of aryl methyl sites for hydroxylation is 1. The molecule has 0 saturated carbocycles. The van der Waals surface area contributed by atoms with E-state index in [1.807, 2.05) is 71.6 Å². The summed E-state index contributed by atoms with van der Waals surface area (Å²) in [5.41, 5.74) is 5.19. The zero-order chi connectivity index (χ0) is 22.6. The number of amides is 1. The van der Waals surface area contributed by atoms with Crippen LogP contribution in [-0.2, 0) is 11.2 Å². The number of hydrogen-bond acceptors (Lipinski definition) is 2. The van der Waals surface area contributed by atoms with Gasteiger partial charge in [-0.1, -0.05) is 18.2 Å². The van der Waals surface area contributed by atoms with Crippen molar-refractivity contribution < 1.29 is 9.18 Å². The summed E-state index contributed by atoms with van der Waals surface area (Å²) < 4.78 is 15.9. The minimum atomic E-state index is -0.283. The Bertz CT molecular complexity index is 1390. The van der Waals surface area contributed by atoms with Crippen molar-refractivity contribution in [1.82, 2.24) is 14.5 Å². The van der Waals surface area contributed by atoms with E-state index in [-0.39, 0.29) is 11.7 Å². The second-order valence-corrected chi connectivity index (χ2v) is 7.89. The lowest BCUT2D eigenvalue weighted by Crippen LogP contribution is -2.13. The van der Waals surface area contributed by atoms with Gasteiger partial charge in [-0.3, -0.25) is 9.78 Å². The van der Waals surface area contributed by atoms with E-state index >= 15 is 0 Å². The number of carbonyl (C=O) groups excluding carboxylic acids is 1. The number of nitrogens with one attached hydrogen (secondary N) is 2. The molecule has 0 saturated heterocycles. The highest BCUT2D eigenvalue weighted by Crippen LogP contribution is 2.31. The molecule has 0 unspecified atom stereocenters. The Morgan fingerprint density at radius 3 is 2.64 bits per heavy atom. The van der Waals surface area contributed by atoms with Crippen molar-refractivity contribution in [1.29, 1.82) is 0 Å². The summed E-state index contributed by atoms with van der Waals surface area (Å²) >= 11 is 0. The SMILES string of the molecule is O=C(CCCc1c(-c2ccccn2)[nH]c2ccc(F)cc12)Nc1ccccc1-n1cccc1. The van der Waals surface area contributed by atoms with Crippen LogP contribution < -0.4 is 5.32 Å². The van der Waals surface area contributed by atoms with Gasteiger partial charge in [0.25, 0.3) is 0 Å². The molecule has 0 radical (unpaired) electrons. The predicted octanol–water partition coefficient (Wildman–Crippen LogP) is 6.12. The molecule has 3 aromatic heterocycles. The molecule has 5 nitrogen and oxygen atoms in total. The van der Waals surface area contributed by atoms with Crippen molar-refractivity contribution in [3.63, 3.8) is 0 Å². The van der Waals surface area contributed by atoms with Crippen molar-refractivity contribution in [3.05, 3.63) is 103 Å². The maximum absolute atomic E-state index is 14.0. The summed E-state index contributed by atoms with van der Waals surface area (Å²) in [5, 5.41) is 3.86. The monoisotopic (exact) mass is 438 g/mol. The standard InChI is InChI=1S/C27H23FN4O/c28-19-13-14-22-21(18-19)20(27(31-22)24-10-3-4-15-29-24)8-7-12-26(33)30-23-9-1-2-11-25(23)32-16-5-6-17-32/h1-6,9-11,13-18,31H,7-8,12H2,(H,30,33). The normalized spacial score (nSPS) is 11.1. The molecule has 0 atom stereocenters. The van der Waals surface area contributed by atoms with Crippen molar-refractivity contribution in [2.75, 3.05) is 5.32 Å². The summed E-state index contributed by atoms with van der Waals surface area (Å²) in [6.45, 7) is 0. The van der Waals surface area contributed by atoms with Gasteiger partial charge in [0.05, 0.1) is 22.8 Å². The third kappa shape index (κ3) is 4.41. The Morgan fingerprint density at radius 2 is 1.82 bits per heavy atom. The van der Waals surface area contributed by atoms with Crippen molar-refractivity contribution in [2.24, 2.45) is 0 Å². The fourth-order valence-corrected chi connectivity index (χ4v) is 4.15. The Hall–Kier alpha value is -4.19. The average Bonchev–Trinajstić information content (AvgIpc) is 3.49. The summed E-state index contributed by atoms with van der Waals surface area (Å²) in [6, 6.07) is 22.0. The number of H-pyrrole nitrogens is 1. The van der Waals surface area contributed by atoms with E-state index in [2.05, 4.69) is 15.3 Å². The van der Waals surface area contributed by atoms with Gasteiger partial charge in [0.15, 0.2) is 0 Å². The molecule has 0 spiro atoms. The van der Waals surface area contributed by atoms with Crippen LogP contribution in [0.5, 0.6) is 0 Å². The summed E-state index contributed by atoms with van der Waals surface area (Å²) in [5.74, 6) is -0.338. The number of aromatic nitrogens is 3. The zero-order valence-corrected chi connectivity index (χ0v) is 18.0. The van der Waals surface area contributed by atoms with Gasteiger partial charge in [-0.15, -0.1) is 0 Å². The van der Waals surface area contributed by atoms with Crippen LogP contribution >= 0.6 is 0 Å². The van der Waals surface area contributed by atoms with Crippen LogP contribution in [0.4, 0.5) is 10.1 Å². The molecule has 0 bridgehead atoms. The lowest BCUT2D eigenvalue weighted by Gasteiger charge is -2.12. The van der Waals surface area contributed by atoms with Gasteiger partial charge in [-0.25, -0.2) is 4.39 Å². The summed E-state index contributed by atoms with van der Waals surface area (Å²) in [7, 11) is 0. The van der Waals surface area contributed by atoms with E-state index in [9.17, 15) is 9.18 Å². The van der Waals surface area contributed by atoms with Crippen LogP contribution in [0, 0.1) is 5.82 Å². The summed E-state index contributed by atoms with van der Waals surface area (Å²) in [6.07, 6.45) is 7.23. The lowest BCUT2D eigenvalue weighted by atomic mass is 10.0. The first-order valence-electron chi connectivity index (χ1n) is 10.9. The number of anilines is 1. The van der Waals surface area contributed by atoms with Crippen molar-refractivity contribution in [2.45, 2.75) is 19.3 Å². The fraction of sp³-hybridized carbons (Fsp3) is 0.111. The van der Waals surface area contributed by atoms with Crippen LogP contribution in [0.1, 0.15) is 18.4 Å². The summed E-state index contributed by atoms with van der Waals surface area (Å²) in [4.78, 5) is 20.6. The van der Waals surface area contributed by atoms with Gasteiger partial charge in [0.2, 0.25) is 5.91 Å². The third-order valence-corrected chi connectivity index (χ3v) is 5.68. The smallest absolute Gasteiger partial charge is 0.224 e. The number of carbonyl (C=O) groups is 1. The van der Waals surface area contributed by atoms with Crippen LogP contribution in [0.15, 0.2) is 91.4 Å². The first-order valence-corrected chi connectivity index (χ1v) is 10.9. The van der Waals surface area contributed by atoms with Crippen LogP contribution in [0.3, 0.4) is 0 Å². The zero-order valence-electron chi connectivity index (χ0n) is 18.0. The molecule has 5 aromatic rings.